The van der Waals surface area contributed by atoms with E-state index in [0.29, 0.717) is 17.5 Å². The van der Waals surface area contributed by atoms with Crippen LogP contribution in [-0.2, 0) is 0 Å². The normalized spacial score (nSPS) is 18.9. The predicted octanol–water partition coefficient (Wildman–Crippen LogP) is 3.71. The molecule has 2 aromatic rings. The number of pyridine rings is 1. The van der Waals surface area contributed by atoms with Crippen LogP contribution in [-0.4, -0.2) is 11.0 Å². The van der Waals surface area contributed by atoms with Crippen LogP contribution in [0.15, 0.2) is 39.7 Å². The van der Waals surface area contributed by atoms with Gasteiger partial charge in [-0.2, -0.15) is 4.39 Å². The summed E-state index contributed by atoms with van der Waals surface area (Å²) in [5.74, 6) is -1.14. The minimum Gasteiger partial charge on any atom is -0.434 e. The molecule has 0 saturated carbocycles. The van der Waals surface area contributed by atoms with Gasteiger partial charge in [-0.15, -0.1) is 0 Å². The van der Waals surface area contributed by atoms with Gasteiger partial charge >= 0.3 is 0 Å². The van der Waals surface area contributed by atoms with Crippen LogP contribution >= 0.6 is 11.6 Å². The van der Waals surface area contributed by atoms with Gasteiger partial charge in [-0.05, 0) is 24.6 Å². The van der Waals surface area contributed by atoms with Gasteiger partial charge < -0.3 is 15.5 Å². The molecule has 0 aliphatic heterocycles. The van der Waals surface area contributed by atoms with Gasteiger partial charge in [-0.25, -0.2) is 9.37 Å². The van der Waals surface area contributed by atoms with Crippen LogP contribution in [0.4, 0.5) is 20.4 Å². The van der Waals surface area contributed by atoms with E-state index in [0.717, 1.165) is 0 Å². The van der Waals surface area contributed by atoms with E-state index >= 15 is 0 Å². The van der Waals surface area contributed by atoms with Crippen LogP contribution in [0.1, 0.15) is 6.42 Å². The lowest BCUT2D eigenvalue weighted by molar-refractivity contribution is 0.544. The Labute approximate surface area is 117 Å². The second-order valence-corrected chi connectivity index (χ2v) is 4.78. The Morgan fingerprint density at radius 1 is 1.45 bits per heavy atom. The average Bonchev–Trinajstić information content (AvgIpc) is 2.73. The molecule has 0 fully saturated rings. The summed E-state index contributed by atoms with van der Waals surface area (Å²) in [6.07, 6.45) is 4.64. The number of nitrogens with two attached hydrogens (primary N) is 1. The summed E-state index contributed by atoms with van der Waals surface area (Å²) < 4.78 is 31.8. The summed E-state index contributed by atoms with van der Waals surface area (Å²) in [4.78, 5) is 3.49. The quantitative estimate of drug-likeness (QED) is 0.829. The summed E-state index contributed by atoms with van der Waals surface area (Å²) in [5, 5.41) is 3.58. The van der Waals surface area contributed by atoms with Crippen molar-refractivity contribution in [2.45, 2.75) is 12.5 Å². The number of aromatic nitrogens is 1. The highest BCUT2D eigenvalue weighted by molar-refractivity contribution is 6.31. The molecule has 20 heavy (non-hydrogen) atoms. The van der Waals surface area contributed by atoms with Crippen molar-refractivity contribution in [3.63, 3.8) is 0 Å². The number of nitrogens with one attached hydrogen (secondary N) is 1. The number of rotatable bonds is 2. The molecule has 2 aromatic heterocycles. The summed E-state index contributed by atoms with van der Waals surface area (Å²) in [5.41, 5.74) is 6.17. The zero-order valence-corrected chi connectivity index (χ0v) is 10.9. The molecular formula is C13H10ClF2N3O. The Kier molecular flexibility index (Phi) is 3.10. The number of allylic oxidation sites excluding steroid dienone is 2. The fourth-order valence-electron chi connectivity index (χ4n) is 2.10. The van der Waals surface area contributed by atoms with E-state index < -0.39 is 11.8 Å². The van der Waals surface area contributed by atoms with Crippen LogP contribution in [0.2, 0.25) is 0 Å². The van der Waals surface area contributed by atoms with Crippen LogP contribution in [0.3, 0.4) is 0 Å². The first kappa shape index (κ1) is 12.9. The molecule has 7 heteroatoms. The van der Waals surface area contributed by atoms with Crippen molar-refractivity contribution in [1.82, 2.24) is 4.98 Å². The maximum absolute atomic E-state index is 13.5. The van der Waals surface area contributed by atoms with Crippen molar-refractivity contribution in [3.05, 3.63) is 41.2 Å². The highest BCUT2D eigenvalue weighted by atomic mass is 35.5. The van der Waals surface area contributed by atoms with Crippen molar-refractivity contribution < 1.29 is 13.2 Å². The first-order chi connectivity index (χ1) is 9.56. The molecule has 3 rings (SSSR count). The first-order valence-corrected chi connectivity index (χ1v) is 6.26. The number of anilines is 2. The zero-order chi connectivity index (χ0) is 14.3. The first-order valence-electron chi connectivity index (χ1n) is 5.88. The molecule has 1 atom stereocenters. The fourth-order valence-corrected chi connectivity index (χ4v) is 2.33. The van der Waals surface area contributed by atoms with E-state index in [9.17, 15) is 8.78 Å². The number of hydrogen-bond donors (Lipinski definition) is 2. The van der Waals surface area contributed by atoms with Gasteiger partial charge in [0.1, 0.15) is 11.5 Å². The third-order valence-corrected chi connectivity index (χ3v) is 3.35. The molecular weight excluding hydrogens is 288 g/mol. The van der Waals surface area contributed by atoms with Gasteiger partial charge in [-0.3, -0.25) is 0 Å². The molecule has 2 heterocycles. The molecule has 0 spiro atoms. The lowest BCUT2D eigenvalue weighted by Gasteiger charge is -2.18. The fraction of sp³-hybridized carbons (Fsp3) is 0.154. The molecule has 0 aromatic carbocycles. The second-order valence-electron chi connectivity index (χ2n) is 4.37. The van der Waals surface area contributed by atoms with Crippen LogP contribution in [0, 0.1) is 5.95 Å². The van der Waals surface area contributed by atoms with Crippen molar-refractivity contribution in [2.75, 3.05) is 11.1 Å². The third-order valence-electron chi connectivity index (χ3n) is 3.05. The van der Waals surface area contributed by atoms with E-state index in [-0.39, 0.29) is 22.5 Å². The molecule has 1 unspecified atom stereocenters. The highest BCUT2D eigenvalue weighted by Gasteiger charge is 2.20. The molecule has 0 bridgehead atoms. The molecule has 3 N–H and O–H groups in total. The van der Waals surface area contributed by atoms with Crippen molar-refractivity contribution in [2.24, 2.45) is 0 Å². The van der Waals surface area contributed by atoms with E-state index in [4.69, 9.17) is 21.8 Å². The average molecular weight is 298 g/mol. The lowest BCUT2D eigenvalue weighted by atomic mass is 10.1. The van der Waals surface area contributed by atoms with E-state index in [2.05, 4.69) is 10.3 Å². The molecule has 0 amide bonds. The topological polar surface area (TPSA) is 64.1 Å². The summed E-state index contributed by atoms with van der Waals surface area (Å²) in [6.45, 7) is 0. The van der Waals surface area contributed by atoms with Crippen molar-refractivity contribution in [3.8, 4) is 0 Å². The Morgan fingerprint density at radius 2 is 2.25 bits per heavy atom. The highest BCUT2D eigenvalue weighted by Crippen LogP contribution is 2.35. The smallest absolute Gasteiger partial charge is 0.256 e. The monoisotopic (exact) mass is 297 g/mol. The maximum atomic E-state index is 13.5. The Balaban J connectivity index is 1.96. The van der Waals surface area contributed by atoms with Crippen LogP contribution in [0.5, 0.6) is 0 Å². The van der Waals surface area contributed by atoms with Crippen molar-refractivity contribution >= 4 is 34.1 Å². The number of fused-ring (bicyclic) bond motifs is 1. The van der Waals surface area contributed by atoms with Crippen molar-refractivity contribution in [1.29, 1.82) is 0 Å². The molecule has 104 valence electrons. The maximum Gasteiger partial charge on any atom is 0.256 e. The standard InChI is InChI=1S/C13H10ClF2N3O/c14-8-5-6(1-2-9(8)15)19-10-7-3-4-18-12(16)11(7)20-13(10)17/h2-6,19H,1,17H2. The van der Waals surface area contributed by atoms with Gasteiger partial charge in [0, 0.05) is 12.2 Å². The van der Waals surface area contributed by atoms with Gasteiger partial charge in [-0.1, -0.05) is 11.6 Å². The number of hydrogen-bond acceptors (Lipinski definition) is 4. The van der Waals surface area contributed by atoms with E-state index in [1.54, 1.807) is 6.07 Å². The summed E-state index contributed by atoms with van der Waals surface area (Å²) >= 11 is 5.74. The molecule has 1 aliphatic carbocycles. The van der Waals surface area contributed by atoms with Crippen LogP contribution < -0.4 is 11.1 Å². The SMILES string of the molecule is Nc1oc2c(F)nccc2c1NC1C=C(Cl)C(F)=CC1. The Bertz CT molecular complexity index is 739. The number of halogens is 3. The third kappa shape index (κ3) is 2.12. The zero-order valence-electron chi connectivity index (χ0n) is 10.2. The van der Waals surface area contributed by atoms with Gasteiger partial charge in [0.05, 0.1) is 10.4 Å². The van der Waals surface area contributed by atoms with E-state index in [1.807, 2.05) is 0 Å². The molecule has 1 aliphatic rings. The van der Waals surface area contributed by atoms with Gasteiger partial charge in [0.25, 0.3) is 5.95 Å². The largest absolute Gasteiger partial charge is 0.434 e. The number of furan rings is 1. The molecule has 0 radical (unpaired) electrons. The molecule has 4 nitrogen and oxygen atoms in total. The second kappa shape index (κ2) is 4.79. The molecule has 0 saturated heterocycles. The minimum atomic E-state index is -0.731. The number of nitrogens with zero attached hydrogens (tertiary/aromatic N) is 1. The van der Waals surface area contributed by atoms with Gasteiger partial charge in [0.15, 0.2) is 5.58 Å². The minimum absolute atomic E-state index is 0.0138. The van der Waals surface area contributed by atoms with E-state index in [1.165, 1.54) is 18.3 Å². The Hall–Kier alpha value is -2.08. The van der Waals surface area contributed by atoms with Gasteiger partial charge in [0.2, 0.25) is 5.88 Å². The predicted molar refractivity (Wildman–Crippen MR) is 73.5 cm³/mol. The van der Waals surface area contributed by atoms with Crippen LogP contribution in [0.25, 0.3) is 11.0 Å². The summed E-state index contributed by atoms with van der Waals surface area (Å²) in [6, 6.07) is 1.34. The lowest BCUT2D eigenvalue weighted by Crippen LogP contribution is -2.19. The number of nitrogen functional groups attached to an aromatic ring is 1. The summed E-state index contributed by atoms with van der Waals surface area (Å²) in [7, 11) is 0. The Morgan fingerprint density at radius 3 is 3.00 bits per heavy atom.